The molecular formula is C21H27N3O3. The van der Waals surface area contributed by atoms with E-state index in [9.17, 15) is 4.79 Å². The quantitative estimate of drug-likeness (QED) is 0.831. The van der Waals surface area contributed by atoms with Gasteiger partial charge in [0.2, 0.25) is 0 Å². The number of carbonyl (C=O) groups excluding carboxylic acids is 1. The maximum absolute atomic E-state index is 13.4. The van der Waals surface area contributed by atoms with Gasteiger partial charge >= 0.3 is 0 Å². The highest BCUT2D eigenvalue weighted by molar-refractivity contribution is 5.96. The van der Waals surface area contributed by atoms with Gasteiger partial charge in [-0.05, 0) is 36.8 Å². The normalized spacial score (nSPS) is 19.7. The van der Waals surface area contributed by atoms with E-state index >= 15 is 0 Å². The Labute approximate surface area is 160 Å². The maximum atomic E-state index is 13.4. The minimum absolute atomic E-state index is 0.0893. The molecule has 0 radical (unpaired) electrons. The summed E-state index contributed by atoms with van der Waals surface area (Å²) >= 11 is 0. The molecule has 1 saturated heterocycles. The van der Waals surface area contributed by atoms with Gasteiger partial charge in [0, 0.05) is 43.6 Å². The number of aromatic nitrogens is 1. The molecule has 2 aromatic rings. The summed E-state index contributed by atoms with van der Waals surface area (Å²) in [5.41, 5.74) is 2.91. The van der Waals surface area contributed by atoms with E-state index in [-0.39, 0.29) is 11.9 Å². The molecule has 6 heteroatoms. The molecule has 0 N–H and O–H groups in total. The summed E-state index contributed by atoms with van der Waals surface area (Å²) in [6.07, 6.45) is 3.01. The fourth-order valence-electron chi connectivity index (χ4n) is 4.18. The molecule has 0 unspecified atom stereocenters. The molecule has 6 nitrogen and oxygen atoms in total. The summed E-state index contributed by atoms with van der Waals surface area (Å²) < 4.78 is 13.3. The van der Waals surface area contributed by atoms with Crippen LogP contribution < -0.4 is 9.64 Å². The Morgan fingerprint density at radius 3 is 2.74 bits per heavy atom. The van der Waals surface area contributed by atoms with Crippen LogP contribution in [0, 0.1) is 0 Å². The Kier molecular flexibility index (Phi) is 5.07. The summed E-state index contributed by atoms with van der Waals surface area (Å²) in [7, 11) is 1.67. The van der Waals surface area contributed by atoms with Gasteiger partial charge in [0.25, 0.3) is 5.91 Å². The molecule has 1 fully saturated rings. The highest BCUT2D eigenvalue weighted by atomic mass is 16.5. The number of carbonyl (C=O) groups is 1. The molecule has 1 amide bonds. The van der Waals surface area contributed by atoms with Crippen molar-refractivity contribution in [2.45, 2.75) is 25.9 Å². The van der Waals surface area contributed by atoms with E-state index in [0.29, 0.717) is 13.2 Å². The number of anilines is 1. The lowest BCUT2D eigenvalue weighted by atomic mass is 10.0. The van der Waals surface area contributed by atoms with Crippen LogP contribution in [0.2, 0.25) is 0 Å². The number of rotatable bonds is 4. The molecule has 1 aromatic carbocycles. The molecule has 0 spiro atoms. The van der Waals surface area contributed by atoms with E-state index in [1.165, 1.54) is 5.69 Å². The van der Waals surface area contributed by atoms with Crippen molar-refractivity contribution in [3.8, 4) is 5.75 Å². The van der Waals surface area contributed by atoms with Crippen LogP contribution in [0.1, 0.15) is 35.4 Å². The van der Waals surface area contributed by atoms with Crippen molar-refractivity contribution in [1.29, 1.82) is 0 Å². The summed E-state index contributed by atoms with van der Waals surface area (Å²) in [4.78, 5) is 17.6. The molecule has 2 aliphatic heterocycles. The number of ether oxygens (including phenoxy) is 2. The summed E-state index contributed by atoms with van der Waals surface area (Å²) in [5, 5.41) is 0. The lowest BCUT2D eigenvalue weighted by Crippen LogP contribution is -2.42. The Balaban J connectivity index is 1.63. The molecule has 0 aliphatic carbocycles. The molecule has 2 aliphatic rings. The van der Waals surface area contributed by atoms with Crippen molar-refractivity contribution in [2.75, 3.05) is 44.9 Å². The van der Waals surface area contributed by atoms with Crippen LogP contribution in [0.25, 0.3) is 0 Å². The van der Waals surface area contributed by atoms with Crippen LogP contribution in [0.5, 0.6) is 5.75 Å². The van der Waals surface area contributed by atoms with Crippen LogP contribution >= 0.6 is 0 Å². The van der Waals surface area contributed by atoms with E-state index in [4.69, 9.17) is 9.47 Å². The molecule has 3 heterocycles. The van der Waals surface area contributed by atoms with Gasteiger partial charge in [-0.2, -0.15) is 0 Å². The lowest BCUT2D eigenvalue weighted by molar-refractivity contribution is 0.0618. The van der Waals surface area contributed by atoms with Crippen molar-refractivity contribution in [3.63, 3.8) is 0 Å². The number of morpholine rings is 1. The van der Waals surface area contributed by atoms with E-state index in [1.807, 2.05) is 23.1 Å². The second-order valence-corrected chi connectivity index (χ2v) is 7.04. The van der Waals surface area contributed by atoms with E-state index in [2.05, 4.69) is 34.7 Å². The predicted molar refractivity (Wildman–Crippen MR) is 105 cm³/mol. The second-order valence-electron chi connectivity index (χ2n) is 7.04. The number of benzene rings is 1. The molecule has 1 aromatic heterocycles. The molecule has 0 saturated carbocycles. The summed E-state index contributed by atoms with van der Waals surface area (Å²) in [6, 6.07) is 10.1. The number of hydrogen-bond donors (Lipinski definition) is 0. The van der Waals surface area contributed by atoms with Gasteiger partial charge in [0.15, 0.2) is 0 Å². The zero-order valence-electron chi connectivity index (χ0n) is 16.1. The van der Waals surface area contributed by atoms with E-state index in [1.54, 1.807) is 7.11 Å². The number of methoxy groups -OCH3 is 1. The van der Waals surface area contributed by atoms with Gasteiger partial charge in [0.05, 0.1) is 32.1 Å². The number of nitrogens with zero attached hydrogens (tertiary/aromatic N) is 3. The van der Waals surface area contributed by atoms with Crippen molar-refractivity contribution >= 4 is 11.6 Å². The van der Waals surface area contributed by atoms with Crippen LogP contribution in [0.15, 0.2) is 36.5 Å². The van der Waals surface area contributed by atoms with Gasteiger partial charge in [-0.15, -0.1) is 0 Å². The van der Waals surface area contributed by atoms with Crippen LogP contribution in [-0.2, 0) is 11.3 Å². The molecule has 0 bridgehead atoms. The van der Waals surface area contributed by atoms with Crippen molar-refractivity contribution in [1.82, 2.24) is 9.47 Å². The topological polar surface area (TPSA) is 46.9 Å². The Hall–Kier alpha value is -2.47. The highest BCUT2D eigenvalue weighted by Crippen LogP contribution is 2.33. The predicted octanol–water partition coefficient (Wildman–Crippen LogP) is 2.94. The largest absolute Gasteiger partial charge is 0.495 e. The minimum Gasteiger partial charge on any atom is -0.495 e. The number of amides is 1. The Morgan fingerprint density at radius 2 is 2.00 bits per heavy atom. The molecular weight excluding hydrogens is 342 g/mol. The minimum atomic E-state index is 0.0893. The third kappa shape index (κ3) is 3.30. The Morgan fingerprint density at radius 1 is 1.19 bits per heavy atom. The van der Waals surface area contributed by atoms with Gasteiger partial charge < -0.3 is 23.8 Å². The lowest BCUT2D eigenvalue weighted by Gasteiger charge is -2.37. The first-order valence-electron chi connectivity index (χ1n) is 9.69. The summed E-state index contributed by atoms with van der Waals surface area (Å²) in [6.45, 7) is 6.73. The van der Waals surface area contributed by atoms with E-state index in [0.717, 1.165) is 49.6 Å². The molecule has 4 rings (SSSR count). The maximum Gasteiger partial charge on any atom is 0.254 e. The SMILES string of the molecule is CC[C@@H]1c2cccn2CCN1C(=O)c1ccc(OC)c(N2CCOCC2)c1. The monoisotopic (exact) mass is 369 g/mol. The fraction of sp³-hybridized carbons (Fsp3) is 0.476. The first-order valence-corrected chi connectivity index (χ1v) is 9.69. The number of hydrogen-bond acceptors (Lipinski definition) is 4. The second kappa shape index (κ2) is 7.64. The first-order chi connectivity index (χ1) is 13.2. The van der Waals surface area contributed by atoms with Gasteiger partial charge in [-0.25, -0.2) is 0 Å². The third-order valence-corrected chi connectivity index (χ3v) is 5.59. The smallest absolute Gasteiger partial charge is 0.254 e. The van der Waals surface area contributed by atoms with Gasteiger partial charge in [-0.1, -0.05) is 6.92 Å². The van der Waals surface area contributed by atoms with E-state index < -0.39 is 0 Å². The first kappa shape index (κ1) is 17.9. The van der Waals surface area contributed by atoms with Gasteiger partial charge in [0.1, 0.15) is 5.75 Å². The third-order valence-electron chi connectivity index (χ3n) is 5.59. The Bertz CT molecular complexity index is 811. The van der Waals surface area contributed by atoms with Crippen LogP contribution in [0.4, 0.5) is 5.69 Å². The van der Waals surface area contributed by atoms with Crippen LogP contribution in [-0.4, -0.2) is 55.3 Å². The molecule has 144 valence electrons. The fourth-order valence-corrected chi connectivity index (χ4v) is 4.18. The number of fused-ring (bicyclic) bond motifs is 1. The summed E-state index contributed by atoms with van der Waals surface area (Å²) in [5.74, 6) is 0.888. The molecule has 27 heavy (non-hydrogen) atoms. The highest BCUT2D eigenvalue weighted by Gasteiger charge is 2.30. The van der Waals surface area contributed by atoms with Crippen molar-refractivity contribution in [3.05, 3.63) is 47.8 Å². The van der Waals surface area contributed by atoms with Gasteiger partial charge in [-0.3, -0.25) is 4.79 Å². The average molecular weight is 369 g/mol. The van der Waals surface area contributed by atoms with Crippen LogP contribution in [0.3, 0.4) is 0 Å². The average Bonchev–Trinajstić information content (AvgIpc) is 3.21. The standard InChI is InChI=1S/C21H27N3O3/c1-3-17-18-5-4-8-22(18)9-10-24(17)21(25)16-6-7-20(26-2)19(15-16)23-11-13-27-14-12-23/h4-8,15,17H,3,9-14H2,1-2H3/t17-/m1/s1. The zero-order chi connectivity index (χ0) is 18.8. The molecule has 1 atom stereocenters. The van der Waals surface area contributed by atoms with Crippen molar-refractivity contribution in [2.24, 2.45) is 0 Å². The van der Waals surface area contributed by atoms with Crippen molar-refractivity contribution < 1.29 is 14.3 Å². The zero-order valence-corrected chi connectivity index (χ0v) is 16.1.